The highest BCUT2D eigenvalue weighted by Crippen LogP contribution is 2.51. The second kappa shape index (κ2) is 9.54. The van der Waals surface area contributed by atoms with E-state index < -0.39 is 35.6 Å². The Bertz CT molecular complexity index is 1050. The van der Waals surface area contributed by atoms with Gasteiger partial charge in [-0.1, -0.05) is 36.4 Å². The second-order valence-electron chi connectivity index (χ2n) is 8.89. The van der Waals surface area contributed by atoms with Gasteiger partial charge in [-0.2, -0.15) is 0 Å². The van der Waals surface area contributed by atoms with Crippen LogP contribution in [-0.2, 0) is 35.1 Å². The van der Waals surface area contributed by atoms with Gasteiger partial charge in [-0.25, -0.2) is 9.59 Å². The van der Waals surface area contributed by atoms with Crippen LogP contribution in [0.1, 0.15) is 25.8 Å². The van der Waals surface area contributed by atoms with Crippen molar-refractivity contribution in [3.8, 4) is 0 Å². The summed E-state index contributed by atoms with van der Waals surface area (Å²) in [5, 5.41) is 2.43. The number of esters is 2. The highest BCUT2D eigenvalue weighted by Gasteiger charge is 2.64. The molecule has 2 fully saturated rings. The van der Waals surface area contributed by atoms with Crippen LogP contribution in [0.4, 0.5) is 0 Å². The molecule has 1 N–H and O–H groups in total. The predicted molar refractivity (Wildman–Crippen MR) is 125 cm³/mol. The summed E-state index contributed by atoms with van der Waals surface area (Å²) in [5.74, 6) is -1.79. The van der Waals surface area contributed by atoms with E-state index in [1.54, 1.807) is 18.1 Å². The van der Waals surface area contributed by atoms with E-state index in [9.17, 15) is 19.2 Å². The number of ether oxygens (including phenoxy) is 2. The third-order valence-electron chi connectivity index (χ3n) is 5.88. The molecule has 2 saturated heterocycles. The number of nitrogens with one attached hydrogen (secondary N) is 1. The number of rotatable bonds is 7. The third-order valence-corrected chi connectivity index (χ3v) is 7.45. The normalized spacial score (nSPS) is 24.6. The molecule has 0 aromatic heterocycles. The third kappa shape index (κ3) is 4.82. The maximum atomic E-state index is 12.8. The van der Waals surface area contributed by atoms with E-state index in [0.717, 1.165) is 5.56 Å². The molecular weight excluding hydrogens is 458 g/mol. The molecule has 1 aromatic rings. The minimum Gasteiger partial charge on any atom is -0.426 e. The zero-order valence-corrected chi connectivity index (χ0v) is 20.0. The lowest BCUT2D eigenvalue weighted by Gasteiger charge is -2.43. The van der Waals surface area contributed by atoms with Crippen molar-refractivity contribution in [1.29, 1.82) is 0 Å². The Morgan fingerprint density at radius 2 is 1.91 bits per heavy atom. The van der Waals surface area contributed by atoms with E-state index in [4.69, 9.17) is 9.47 Å². The maximum Gasteiger partial charge on any atom is 0.338 e. The first-order valence-corrected chi connectivity index (χ1v) is 11.8. The van der Waals surface area contributed by atoms with Crippen molar-refractivity contribution >= 4 is 35.5 Å². The molecule has 0 unspecified atom stereocenters. The first kappa shape index (κ1) is 23.9. The van der Waals surface area contributed by atoms with Gasteiger partial charge in [-0.05, 0) is 25.6 Å². The van der Waals surface area contributed by atoms with Crippen molar-refractivity contribution in [1.82, 2.24) is 15.1 Å². The summed E-state index contributed by atoms with van der Waals surface area (Å²) < 4.78 is 9.66. The van der Waals surface area contributed by atoms with Crippen LogP contribution in [0.2, 0.25) is 0 Å². The molecule has 3 atom stereocenters. The standard InChI is InChI=1S/C24H27N3O6S/c1-24(2)19(23(31)33-14-32-22(30)16-10-7-11-26(3)13-16)27-20(29)18(21(27)34-24)25-17(28)12-15-8-5-4-6-9-15/h4-9,11,13,18-19,21H,10,12,14H2,1-3H3,(H,25,28)/t18-,19+,21-/m1/s1. The molecule has 0 radical (unpaired) electrons. The van der Waals surface area contributed by atoms with E-state index in [-0.39, 0.29) is 23.6 Å². The number of nitrogens with zero attached hydrogens (tertiary/aromatic N) is 2. The van der Waals surface area contributed by atoms with Crippen LogP contribution in [0.3, 0.4) is 0 Å². The summed E-state index contributed by atoms with van der Waals surface area (Å²) >= 11 is 1.44. The summed E-state index contributed by atoms with van der Waals surface area (Å²) in [7, 11) is 1.79. The molecule has 0 aliphatic carbocycles. The number of carbonyl (C=O) groups is 4. The van der Waals surface area contributed by atoms with Crippen LogP contribution >= 0.6 is 11.8 Å². The number of β-lactam (4-membered cyclic amide) rings is 1. The fraction of sp³-hybridized carbons (Fsp3) is 0.417. The monoisotopic (exact) mass is 485 g/mol. The van der Waals surface area contributed by atoms with Crippen molar-refractivity contribution in [3.05, 3.63) is 59.9 Å². The lowest BCUT2D eigenvalue weighted by Crippen LogP contribution is -2.70. The van der Waals surface area contributed by atoms with Crippen LogP contribution in [0.15, 0.2) is 54.4 Å². The van der Waals surface area contributed by atoms with Crippen LogP contribution in [0, 0.1) is 0 Å². The Morgan fingerprint density at radius 1 is 1.18 bits per heavy atom. The molecule has 3 aliphatic rings. The smallest absolute Gasteiger partial charge is 0.338 e. The Kier molecular flexibility index (Phi) is 6.70. The van der Waals surface area contributed by atoms with Gasteiger partial charge >= 0.3 is 11.9 Å². The van der Waals surface area contributed by atoms with E-state index in [0.29, 0.717) is 12.0 Å². The van der Waals surface area contributed by atoms with E-state index in [2.05, 4.69) is 5.32 Å². The van der Waals surface area contributed by atoms with Crippen LogP contribution in [0.5, 0.6) is 0 Å². The Morgan fingerprint density at radius 3 is 2.62 bits per heavy atom. The zero-order chi connectivity index (χ0) is 24.5. The van der Waals surface area contributed by atoms with E-state index >= 15 is 0 Å². The Balaban J connectivity index is 1.31. The molecule has 4 rings (SSSR count). The van der Waals surface area contributed by atoms with Gasteiger partial charge in [0.25, 0.3) is 0 Å². The summed E-state index contributed by atoms with van der Waals surface area (Å²) in [6, 6.07) is 7.72. The van der Waals surface area contributed by atoms with Gasteiger partial charge < -0.3 is 24.6 Å². The van der Waals surface area contributed by atoms with Crippen molar-refractivity contribution in [2.45, 2.75) is 48.9 Å². The molecule has 10 heteroatoms. The number of allylic oxidation sites excluding steroid dienone is 1. The maximum absolute atomic E-state index is 12.8. The second-order valence-corrected chi connectivity index (χ2v) is 10.7. The van der Waals surface area contributed by atoms with Gasteiger partial charge in [-0.15, -0.1) is 11.8 Å². The quantitative estimate of drug-likeness (QED) is 0.352. The summed E-state index contributed by atoms with van der Waals surface area (Å²) in [4.78, 5) is 53.5. The van der Waals surface area contributed by atoms with E-state index in [1.165, 1.54) is 16.7 Å². The van der Waals surface area contributed by atoms with Gasteiger partial charge in [-0.3, -0.25) is 9.59 Å². The molecule has 0 saturated carbocycles. The number of hydrogen-bond donors (Lipinski definition) is 1. The van der Waals surface area contributed by atoms with Crippen LogP contribution in [0.25, 0.3) is 0 Å². The van der Waals surface area contributed by atoms with Crippen molar-refractivity contribution in [2.24, 2.45) is 0 Å². The number of carbonyl (C=O) groups excluding carboxylic acids is 4. The van der Waals surface area contributed by atoms with E-state index in [1.807, 2.05) is 56.5 Å². The molecule has 34 heavy (non-hydrogen) atoms. The predicted octanol–water partition coefficient (Wildman–Crippen LogP) is 1.55. The fourth-order valence-electron chi connectivity index (χ4n) is 4.27. The lowest BCUT2D eigenvalue weighted by molar-refractivity contribution is -0.175. The largest absolute Gasteiger partial charge is 0.426 e. The molecule has 3 aliphatic heterocycles. The van der Waals surface area contributed by atoms with Gasteiger partial charge in [0.05, 0.1) is 12.0 Å². The molecule has 9 nitrogen and oxygen atoms in total. The molecule has 180 valence electrons. The SMILES string of the molecule is CN1C=CCC(C(=O)OCOC(=O)[C@@H]2N3C(=O)[C@@H](NC(=O)Cc4ccccc4)[C@H]3SC2(C)C)=C1. The van der Waals surface area contributed by atoms with Gasteiger partial charge in [0.15, 0.2) is 0 Å². The lowest BCUT2D eigenvalue weighted by atomic mass is 9.96. The number of benzene rings is 1. The first-order valence-electron chi connectivity index (χ1n) is 10.9. The molecule has 0 spiro atoms. The molecule has 2 amide bonds. The highest BCUT2D eigenvalue weighted by atomic mass is 32.2. The van der Waals surface area contributed by atoms with Gasteiger partial charge in [0.2, 0.25) is 18.6 Å². The minimum absolute atomic E-state index is 0.171. The summed E-state index contributed by atoms with van der Waals surface area (Å²) in [5.41, 5.74) is 1.30. The number of fused-ring (bicyclic) bond motifs is 1. The minimum atomic E-state index is -0.848. The number of amides is 2. The number of thioether (sulfide) groups is 1. The fourth-order valence-corrected chi connectivity index (χ4v) is 5.89. The number of hydrogen-bond acceptors (Lipinski definition) is 8. The average molecular weight is 486 g/mol. The summed E-state index contributed by atoms with van der Waals surface area (Å²) in [6.07, 6.45) is 5.91. The highest BCUT2D eigenvalue weighted by molar-refractivity contribution is 8.01. The topological polar surface area (TPSA) is 105 Å². The summed E-state index contributed by atoms with van der Waals surface area (Å²) in [6.45, 7) is 3.15. The van der Waals surface area contributed by atoms with Gasteiger partial charge in [0, 0.05) is 24.4 Å². The molecular formula is C24H27N3O6S. The van der Waals surface area contributed by atoms with Crippen LogP contribution < -0.4 is 5.32 Å². The average Bonchev–Trinajstić information content (AvgIpc) is 3.05. The van der Waals surface area contributed by atoms with Crippen molar-refractivity contribution in [3.63, 3.8) is 0 Å². The Hall–Kier alpha value is -3.27. The molecule has 0 bridgehead atoms. The van der Waals surface area contributed by atoms with Crippen molar-refractivity contribution in [2.75, 3.05) is 13.8 Å². The first-order chi connectivity index (χ1) is 16.2. The zero-order valence-electron chi connectivity index (χ0n) is 19.2. The van der Waals surface area contributed by atoms with Crippen molar-refractivity contribution < 1.29 is 28.7 Å². The van der Waals surface area contributed by atoms with Gasteiger partial charge in [0.1, 0.15) is 17.5 Å². The molecule has 3 heterocycles. The van der Waals surface area contributed by atoms with Crippen LogP contribution in [-0.4, -0.2) is 69.6 Å². The molecule has 1 aromatic carbocycles. The Labute approximate surface area is 202 Å².